The van der Waals surface area contributed by atoms with Crippen LogP contribution in [0.2, 0.25) is 0 Å². The van der Waals surface area contributed by atoms with Gasteiger partial charge in [0.1, 0.15) is 0 Å². The van der Waals surface area contributed by atoms with E-state index in [0.717, 1.165) is 44.7 Å². The van der Waals surface area contributed by atoms with Crippen LogP contribution in [0.3, 0.4) is 0 Å². The molecule has 6 heteroatoms. The van der Waals surface area contributed by atoms with Crippen molar-refractivity contribution in [3.8, 4) is 79.0 Å². The van der Waals surface area contributed by atoms with Gasteiger partial charge in [0.25, 0.3) is 0 Å². The smallest absolute Gasteiger partial charge is 0.164 e. The van der Waals surface area contributed by atoms with Crippen LogP contribution in [0.4, 0.5) is 0 Å². The van der Waals surface area contributed by atoms with E-state index in [1.165, 1.54) is 80.9 Å². The molecule has 1 aliphatic rings. The molecular weight excluding hydrogens is 919 g/mol. The number of aromatic nitrogens is 5. The second-order valence-electron chi connectivity index (χ2n) is 20.0. The van der Waals surface area contributed by atoms with Crippen molar-refractivity contribution in [1.82, 2.24) is 24.1 Å². The number of rotatable bonds is 7. The van der Waals surface area contributed by atoms with E-state index < -0.39 is 0 Å². The van der Waals surface area contributed by atoms with Crippen LogP contribution in [0.15, 0.2) is 237 Å². The van der Waals surface area contributed by atoms with Crippen molar-refractivity contribution in [2.24, 2.45) is 0 Å². The van der Waals surface area contributed by atoms with Crippen molar-refractivity contribution in [2.75, 3.05) is 0 Å². The van der Waals surface area contributed by atoms with Gasteiger partial charge in [-0.25, -0.2) is 15.0 Å². The Hall–Kier alpha value is -9.23. The minimum absolute atomic E-state index is 0.205. The summed E-state index contributed by atoms with van der Waals surface area (Å²) in [5.74, 6) is 1.92. The number of fused-ring (bicyclic) bond motifs is 11. The predicted molar refractivity (Wildman–Crippen MR) is 309 cm³/mol. The Balaban J connectivity index is 0.920. The SMILES string of the molecule is CC1(C)c2ccccc2-c2c1c1cc3c4cc(-c5cccc6c5sc5ccccc56)ccc4n(-c4ccc(-c5cccc(-c6nc(-c7ccccc7)nc(-c7ccccc7)n6)c5)cc4)c3cc1n2-c1ccccc1. The van der Waals surface area contributed by atoms with Crippen LogP contribution in [0, 0.1) is 0 Å². The Kier molecular flexibility index (Phi) is 9.41. The van der Waals surface area contributed by atoms with Gasteiger partial charge in [0.15, 0.2) is 17.5 Å². The molecule has 0 amide bonds. The number of benzene rings is 10. The second kappa shape index (κ2) is 16.4. The highest BCUT2D eigenvalue weighted by Gasteiger charge is 2.41. The summed E-state index contributed by atoms with van der Waals surface area (Å²) in [6, 6.07) is 85.4. The first-order valence-electron chi connectivity index (χ1n) is 25.3. The molecule has 15 rings (SSSR count). The van der Waals surface area contributed by atoms with E-state index in [1.54, 1.807) is 0 Å². The van der Waals surface area contributed by atoms with Crippen molar-refractivity contribution in [2.45, 2.75) is 19.3 Å². The van der Waals surface area contributed by atoms with Gasteiger partial charge in [0.2, 0.25) is 0 Å². The van der Waals surface area contributed by atoms with Crippen molar-refractivity contribution >= 4 is 64.2 Å². The topological polar surface area (TPSA) is 48.5 Å². The maximum atomic E-state index is 5.05. The molecule has 10 aromatic carbocycles. The first-order valence-corrected chi connectivity index (χ1v) is 26.1. The molecule has 1 aliphatic carbocycles. The van der Waals surface area contributed by atoms with Crippen LogP contribution in [0.5, 0.6) is 0 Å². The van der Waals surface area contributed by atoms with E-state index in [-0.39, 0.29) is 5.41 Å². The molecule has 74 heavy (non-hydrogen) atoms. The summed E-state index contributed by atoms with van der Waals surface area (Å²) in [5, 5.41) is 6.36. The van der Waals surface area contributed by atoms with Gasteiger partial charge in [-0.1, -0.05) is 190 Å². The fourth-order valence-electron chi connectivity index (χ4n) is 11.9. The standard InChI is InChI=1S/C68H45N5S/c1-68(2)57-30-14-12-27-53(57)63-62(68)56-40-55-54-39-46(50-28-17-29-52-51-26-13-15-31-61(51)74-64(50)52)34-37-58(54)72(59(55)41-60(56)73(63)48-24-10-5-11-25-48)49-35-32-42(33-36-49)45-22-16-23-47(38-45)67-70-65(43-18-6-3-7-19-43)69-66(71-67)44-20-8-4-9-21-44/h3-41H,1-2H3. The quantitative estimate of drug-likeness (QED) is 0.160. The summed E-state index contributed by atoms with van der Waals surface area (Å²) < 4.78 is 7.62. The first-order chi connectivity index (χ1) is 36.4. The molecule has 0 radical (unpaired) electrons. The molecule has 0 spiro atoms. The minimum atomic E-state index is -0.205. The van der Waals surface area contributed by atoms with Crippen LogP contribution in [-0.2, 0) is 5.41 Å². The molecule has 0 unspecified atom stereocenters. The molecular formula is C68H45N5S. The second-order valence-corrected chi connectivity index (χ2v) is 21.0. The Morgan fingerprint density at radius 1 is 0.351 bits per heavy atom. The van der Waals surface area contributed by atoms with Crippen molar-refractivity contribution in [3.63, 3.8) is 0 Å². The molecule has 0 atom stereocenters. The molecule has 4 aromatic heterocycles. The normalized spacial score (nSPS) is 12.8. The summed E-state index contributed by atoms with van der Waals surface area (Å²) in [6.45, 7) is 4.80. The third-order valence-corrected chi connectivity index (χ3v) is 16.6. The average Bonchev–Trinajstić information content (AvgIpc) is 4.20. The maximum Gasteiger partial charge on any atom is 0.164 e. The highest BCUT2D eigenvalue weighted by Crippen LogP contribution is 2.55. The molecule has 0 saturated carbocycles. The van der Waals surface area contributed by atoms with Gasteiger partial charge in [-0.2, -0.15) is 0 Å². The summed E-state index contributed by atoms with van der Waals surface area (Å²) >= 11 is 1.88. The number of hydrogen-bond donors (Lipinski definition) is 0. The third kappa shape index (κ3) is 6.51. The summed E-state index contributed by atoms with van der Waals surface area (Å²) in [5.41, 5.74) is 18.4. The number of hydrogen-bond acceptors (Lipinski definition) is 4. The zero-order chi connectivity index (χ0) is 49.1. The van der Waals surface area contributed by atoms with Crippen LogP contribution < -0.4 is 0 Å². The van der Waals surface area contributed by atoms with E-state index in [1.807, 2.05) is 72.0 Å². The predicted octanol–water partition coefficient (Wildman–Crippen LogP) is 17.9. The van der Waals surface area contributed by atoms with E-state index in [4.69, 9.17) is 15.0 Å². The van der Waals surface area contributed by atoms with Gasteiger partial charge >= 0.3 is 0 Å². The van der Waals surface area contributed by atoms with Crippen LogP contribution in [0.1, 0.15) is 25.0 Å². The molecule has 0 aliphatic heterocycles. The van der Waals surface area contributed by atoms with E-state index in [9.17, 15) is 0 Å². The monoisotopic (exact) mass is 963 g/mol. The number of thiophene rings is 1. The van der Waals surface area contributed by atoms with Crippen molar-refractivity contribution in [1.29, 1.82) is 0 Å². The molecule has 0 saturated heterocycles. The van der Waals surface area contributed by atoms with Crippen molar-refractivity contribution < 1.29 is 0 Å². The average molecular weight is 964 g/mol. The number of para-hydroxylation sites is 1. The van der Waals surface area contributed by atoms with Crippen molar-refractivity contribution in [3.05, 3.63) is 248 Å². The van der Waals surface area contributed by atoms with Crippen LogP contribution in [0.25, 0.3) is 132 Å². The lowest BCUT2D eigenvalue weighted by molar-refractivity contribution is 0.666. The molecule has 0 N–H and O–H groups in total. The summed E-state index contributed by atoms with van der Waals surface area (Å²) in [6.07, 6.45) is 0. The largest absolute Gasteiger partial charge is 0.309 e. The van der Waals surface area contributed by atoms with E-state index in [0.29, 0.717) is 17.5 Å². The van der Waals surface area contributed by atoms with Crippen LogP contribution >= 0.6 is 11.3 Å². The molecule has 348 valence electrons. The Labute approximate surface area is 432 Å². The van der Waals surface area contributed by atoms with Crippen LogP contribution in [-0.4, -0.2) is 24.1 Å². The van der Waals surface area contributed by atoms with Gasteiger partial charge in [-0.05, 0) is 94.0 Å². The molecule has 5 nitrogen and oxygen atoms in total. The van der Waals surface area contributed by atoms with E-state index in [2.05, 4.69) is 199 Å². The molecule has 0 fully saturated rings. The summed E-state index contributed by atoms with van der Waals surface area (Å²) in [7, 11) is 0. The van der Waals surface area contributed by atoms with E-state index >= 15 is 0 Å². The van der Waals surface area contributed by atoms with Gasteiger partial charge in [-0.15, -0.1) is 11.3 Å². The molecule has 14 aromatic rings. The van der Waals surface area contributed by atoms with Gasteiger partial charge in [-0.3, -0.25) is 0 Å². The lowest BCUT2D eigenvalue weighted by Crippen LogP contribution is -2.14. The zero-order valence-electron chi connectivity index (χ0n) is 40.7. The molecule has 4 heterocycles. The maximum absolute atomic E-state index is 5.05. The van der Waals surface area contributed by atoms with Gasteiger partial charge in [0.05, 0.1) is 22.2 Å². The minimum Gasteiger partial charge on any atom is -0.309 e. The fraction of sp³-hybridized carbons (Fsp3) is 0.0441. The van der Waals surface area contributed by atoms with Gasteiger partial charge < -0.3 is 9.13 Å². The molecule has 0 bridgehead atoms. The highest BCUT2D eigenvalue weighted by molar-refractivity contribution is 7.26. The Bertz CT molecular complexity index is 4490. The third-order valence-electron chi connectivity index (χ3n) is 15.3. The Morgan fingerprint density at radius 2 is 0.905 bits per heavy atom. The number of nitrogens with zero attached hydrogens (tertiary/aromatic N) is 5. The first kappa shape index (κ1) is 42.5. The lowest BCUT2D eigenvalue weighted by atomic mass is 9.81. The highest BCUT2D eigenvalue weighted by atomic mass is 32.1. The van der Waals surface area contributed by atoms with Gasteiger partial charge in [0, 0.05) is 75.4 Å². The zero-order valence-corrected chi connectivity index (χ0v) is 41.5. The fourth-order valence-corrected chi connectivity index (χ4v) is 13.1. The Morgan fingerprint density at radius 3 is 1.66 bits per heavy atom. The summed E-state index contributed by atoms with van der Waals surface area (Å²) in [4.78, 5) is 15.0. The lowest BCUT2D eigenvalue weighted by Gasteiger charge is -2.21.